The van der Waals surface area contributed by atoms with Gasteiger partial charge in [-0.15, -0.1) is 0 Å². The highest BCUT2D eigenvalue weighted by atomic mass is 19.4. The molecule has 0 aliphatic carbocycles. The molecule has 0 spiro atoms. The molecule has 1 rings (SSSR count). The second-order valence-corrected chi connectivity index (χ2v) is 3.85. The molecule has 7 heteroatoms. The van der Waals surface area contributed by atoms with Gasteiger partial charge in [0.25, 0.3) is 5.91 Å². The van der Waals surface area contributed by atoms with Crippen LogP contribution in [0.3, 0.4) is 0 Å². The zero-order valence-electron chi connectivity index (χ0n) is 11.1. The highest BCUT2D eigenvalue weighted by Gasteiger charge is 2.35. The molecule has 108 valence electrons. The first-order chi connectivity index (χ1) is 8.68. The van der Waals surface area contributed by atoms with Crippen LogP contribution in [-0.4, -0.2) is 10.9 Å². The van der Waals surface area contributed by atoms with Crippen LogP contribution in [0.5, 0.6) is 0 Å². The zero-order valence-corrected chi connectivity index (χ0v) is 11.1. The lowest BCUT2D eigenvalue weighted by Crippen LogP contribution is -2.20. The van der Waals surface area contributed by atoms with Crippen LogP contribution in [0.4, 0.5) is 18.9 Å². The number of nitrogen functional groups attached to an aromatic ring is 1. The Hall–Kier alpha value is -1.79. The number of amides is 1. The van der Waals surface area contributed by atoms with E-state index in [-0.39, 0.29) is 12.1 Å². The normalized spacial score (nSPS) is 10.6. The number of halogens is 3. The molecule has 0 aliphatic heterocycles. The molecule has 0 atom stereocenters. The Kier molecular flexibility index (Phi) is 6.31. The SMILES string of the molecule is CCC.CCc1cc(C(F)(F)F)c(N)c(C(N)=O)n1. The van der Waals surface area contributed by atoms with Gasteiger partial charge >= 0.3 is 6.18 Å². The molecule has 0 saturated carbocycles. The first-order valence-corrected chi connectivity index (χ1v) is 5.85. The smallest absolute Gasteiger partial charge is 0.396 e. The molecule has 0 saturated heterocycles. The summed E-state index contributed by atoms with van der Waals surface area (Å²) in [6.07, 6.45) is -3.12. The first kappa shape index (κ1) is 17.2. The van der Waals surface area contributed by atoms with Crippen molar-refractivity contribution in [3.05, 3.63) is 23.0 Å². The number of rotatable bonds is 2. The van der Waals surface area contributed by atoms with Crippen LogP contribution in [0.15, 0.2) is 6.07 Å². The van der Waals surface area contributed by atoms with Gasteiger partial charge in [-0.2, -0.15) is 13.2 Å². The number of hydrogen-bond acceptors (Lipinski definition) is 3. The van der Waals surface area contributed by atoms with Crippen LogP contribution in [0.1, 0.15) is 48.9 Å². The summed E-state index contributed by atoms with van der Waals surface area (Å²) in [5.41, 5.74) is 7.90. The molecular weight excluding hydrogens is 259 g/mol. The third-order valence-electron chi connectivity index (χ3n) is 2.01. The van der Waals surface area contributed by atoms with E-state index in [4.69, 9.17) is 11.5 Å². The van der Waals surface area contributed by atoms with Gasteiger partial charge in [-0.3, -0.25) is 4.79 Å². The number of alkyl halides is 3. The monoisotopic (exact) mass is 277 g/mol. The minimum absolute atomic E-state index is 0.121. The van der Waals surface area contributed by atoms with E-state index in [2.05, 4.69) is 18.8 Å². The molecule has 0 unspecified atom stereocenters. The van der Waals surface area contributed by atoms with E-state index in [1.54, 1.807) is 6.92 Å². The van der Waals surface area contributed by atoms with Gasteiger partial charge in [0.2, 0.25) is 0 Å². The summed E-state index contributed by atoms with van der Waals surface area (Å²) in [7, 11) is 0. The first-order valence-electron chi connectivity index (χ1n) is 5.85. The van der Waals surface area contributed by atoms with Crippen molar-refractivity contribution in [3.8, 4) is 0 Å². The molecule has 0 aliphatic rings. The quantitative estimate of drug-likeness (QED) is 0.872. The lowest BCUT2D eigenvalue weighted by atomic mass is 10.1. The van der Waals surface area contributed by atoms with E-state index < -0.39 is 29.0 Å². The van der Waals surface area contributed by atoms with E-state index in [1.807, 2.05) is 0 Å². The minimum Gasteiger partial charge on any atom is -0.396 e. The second-order valence-electron chi connectivity index (χ2n) is 3.85. The maximum absolute atomic E-state index is 12.5. The van der Waals surface area contributed by atoms with E-state index in [0.29, 0.717) is 0 Å². The Bertz CT molecular complexity index is 445. The average Bonchev–Trinajstić information content (AvgIpc) is 2.28. The van der Waals surface area contributed by atoms with Crippen molar-refractivity contribution >= 4 is 11.6 Å². The van der Waals surface area contributed by atoms with Crippen molar-refractivity contribution in [1.82, 2.24) is 4.98 Å². The molecule has 0 bridgehead atoms. The summed E-state index contributed by atoms with van der Waals surface area (Å²) < 4.78 is 37.6. The number of aryl methyl sites for hydroxylation is 1. The molecule has 19 heavy (non-hydrogen) atoms. The van der Waals surface area contributed by atoms with Crippen LogP contribution < -0.4 is 11.5 Å². The van der Waals surface area contributed by atoms with Crippen LogP contribution in [-0.2, 0) is 12.6 Å². The fourth-order valence-electron chi connectivity index (χ4n) is 1.21. The van der Waals surface area contributed by atoms with E-state index in [0.717, 1.165) is 6.07 Å². The van der Waals surface area contributed by atoms with Crippen molar-refractivity contribution < 1.29 is 18.0 Å². The largest absolute Gasteiger partial charge is 0.418 e. The maximum atomic E-state index is 12.5. The molecule has 0 radical (unpaired) electrons. The van der Waals surface area contributed by atoms with E-state index >= 15 is 0 Å². The number of hydrogen-bond donors (Lipinski definition) is 2. The van der Waals surface area contributed by atoms with Crippen molar-refractivity contribution in [2.24, 2.45) is 5.73 Å². The molecule has 0 aromatic carbocycles. The van der Waals surface area contributed by atoms with E-state index in [1.165, 1.54) is 6.42 Å². The maximum Gasteiger partial charge on any atom is 0.418 e. The number of nitrogens with zero attached hydrogens (tertiary/aromatic N) is 1. The summed E-state index contributed by atoms with van der Waals surface area (Å²) in [5, 5.41) is 0. The summed E-state index contributed by atoms with van der Waals surface area (Å²) in [6, 6.07) is 0.821. The molecule has 0 fully saturated rings. The predicted molar refractivity (Wildman–Crippen MR) is 67.5 cm³/mol. The highest BCUT2D eigenvalue weighted by molar-refractivity contribution is 5.96. The average molecular weight is 277 g/mol. The summed E-state index contributed by atoms with van der Waals surface area (Å²) >= 11 is 0. The van der Waals surface area contributed by atoms with Gasteiger partial charge in [0, 0.05) is 5.69 Å². The number of aromatic nitrogens is 1. The summed E-state index contributed by atoms with van der Waals surface area (Å²) in [6.45, 7) is 5.86. The van der Waals surface area contributed by atoms with Crippen molar-refractivity contribution in [3.63, 3.8) is 0 Å². The Labute approximate surface area is 110 Å². The van der Waals surface area contributed by atoms with E-state index in [9.17, 15) is 18.0 Å². The molecule has 1 amide bonds. The standard InChI is InChI=1S/C9H10F3N3O.C3H8/c1-2-4-3-5(9(10,11)12)6(13)7(15-4)8(14)16;1-3-2/h3H,2,13H2,1H3,(H2,14,16);3H2,1-2H3. The van der Waals surface area contributed by atoms with Crippen LogP contribution in [0.25, 0.3) is 0 Å². The Morgan fingerprint density at radius 2 is 1.79 bits per heavy atom. The molecule has 4 nitrogen and oxygen atoms in total. The molecular formula is C12H18F3N3O. The van der Waals surface area contributed by atoms with Crippen LogP contribution >= 0.6 is 0 Å². The van der Waals surface area contributed by atoms with Crippen LogP contribution in [0, 0.1) is 0 Å². The van der Waals surface area contributed by atoms with Gasteiger partial charge in [-0.05, 0) is 12.5 Å². The van der Waals surface area contributed by atoms with Crippen LogP contribution in [0.2, 0.25) is 0 Å². The topological polar surface area (TPSA) is 82.0 Å². The number of carbonyl (C=O) groups excluding carboxylic acids is 1. The number of primary amides is 1. The summed E-state index contributed by atoms with van der Waals surface area (Å²) in [5.74, 6) is -1.07. The minimum atomic E-state index is -4.62. The highest BCUT2D eigenvalue weighted by Crippen LogP contribution is 2.35. The third kappa shape index (κ3) is 4.76. The zero-order chi connectivity index (χ0) is 15.2. The fourth-order valence-corrected chi connectivity index (χ4v) is 1.21. The number of pyridine rings is 1. The van der Waals surface area contributed by atoms with Crippen molar-refractivity contribution in [1.29, 1.82) is 0 Å². The van der Waals surface area contributed by atoms with Gasteiger partial charge in [-0.25, -0.2) is 4.98 Å². The molecule has 1 aromatic heterocycles. The second kappa shape index (κ2) is 6.96. The lowest BCUT2D eigenvalue weighted by molar-refractivity contribution is -0.137. The van der Waals surface area contributed by atoms with Gasteiger partial charge in [0.05, 0.1) is 11.3 Å². The molecule has 1 heterocycles. The van der Waals surface area contributed by atoms with Gasteiger partial charge in [0.1, 0.15) is 0 Å². The molecule has 4 N–H and O–H groups in total. The van der Waals surface area contributed by atoms with Gasteiger partial charge < -0.3 is 11.5 Å². The number of nitrogens with two attached hydrogens (primary N) is 2. The Morgan fingerprint density at radius 3 is 2.11 bits per heavy atom. The van der Waals surface area contributed by atoms with Crippen molar-refractivity contribution in [2.75, 3.05) is 5.73 Å². The predicted octanol–water partition coefficient (Wildman–Crippen LogP) is 2.76. The Morgan fingerprint density at radius 1 is 1.32 bits per heavy atom. The van der Waals surface area contributed by atoms with Gasteiger partial charge in [-0.1, -0.05) is 27.2 Å². The van der Waals surface area contributed by atoms with Crippen molar-refractivity contribution in [2.45, 2.75) is 39.8 Å². The summed E-state index contributed by atoms with van der Waals surface area (Å²) in [4.78, 5) is 14.5. The fraction of sp³-hybridized carbons (Fsp3) is 0.500. The Balaban J connectivity index is 0.000000982. The lowest BCUT2D eigenvalue weighted by Gasteiger charge is -2.13. The third-order valence-corrected chi connectivity index (χ3v) is 2.01. The number of anilines is 1. The van der Waals surface area contributed by atoms with Gasteiger partial charge in [0.15, 0.2) is 5.69 Å². The molecule has 1 aromatic rings. The number of carbonyl (C=O) groups is 1.